The third kappa shape index (κ3) is 8.97. The van der Waals surface area contributed by atoms with Gasteiger partial charge in [-0.2, -0.15) is 0 Å². The molecule has 8 nitrogen and oxygen atoms in total. The zero-order valence-corrected chi connectivity index (χ0v) is 14.9. The van der Waals surface area contributed by atoms with E-state index >= 15 is 0 Å². The Balaban J connectivity index is 4.64. The van der Waals surface area contributed by atoms with Crippen LogP contribution in [0.2, 0.25) is 0 Å². The number of Topliss-reactive ketones (excluding diaryl/α,β-unsaturated/α-hetero) is 1. The molecule has 0 unspecified atom stereocenters. The lowest BCUT2D eigenvalue weighted by Crippen LogP contribution is -2.54. The largest absolute Gasteiger partial charge is 0.366 e. The van der Waals surface area contributed by atoms with E-state index in [2.05, 4.69) is 21.3 Å². The lowest BCUT2D eigenvalue weighted by atomic mass is 10.0. The second-order valence-corrected chi connectivity index (χ2v) is 5.96. The van der Waals surface area contributed by atoms with Crippen LogP contribution in [0, 0.1) is 5.92 Å². The molecule has 0 rings (SSSR count). The van der Waals surface area contributed by atoms with Gasteiger partial charge in [0.2, 0.25) is 5.91 Å². The van der Waals surface area contributed by atoms with Crippen molar-refractivity contribution in [2.75, 3.05) is 13.6 Å². The summed E-state index contributed by atoms with van der Waals surface area (Å²) in [6, 6.07) is -1.76. The van der Waals surface area contributed by atoms with E-state index in [0.717, 1.165) is 0 Å². The number of amides is 3. The van der Waals surface area contributed by atoms with E-state index in [9.17, 15) is 14.4 Å². The molecule has 6 N–H and O–H groups in total. The molecule has 132 valence electrons. The Labute approximate surface area is 142 Å². The summed E-state index contributed by atoms with van der Waals surface area (Å²) in [5, 5.41) is 11.2. The van der Waals surface area contributed by atoms with E-state index in [4.69, 9.17) is 18.0 Å². The molecule has 0 aliphatic rings. The number of urea groups is 1. The van der Waals surface area contributed by atoms with Crippen molar-refractivity contribution in [3.63, 3.8) is 0 Å². The van der Waals surface area contributed by atoms with Crippen LogP contribution in [0.4, 0.5) is 4.79 Å². The molecule has 0 aliphatic heterocycles. The van der Waals surface area contributed by atoms with Gasteiger partial charge in [0, 0.05) is 13.6 Å². The first-order chi connectivity index (χ1) is 10.7. The molecule has 23 heavy (non-hydrogen) atoms. The fourth-order valence-electron chi connectivity index (χ4n) is 1.90. The topological polar surface area (TPSA) is 125 Å². The molecule has 0 radical (unpaired) electrons. The average molecular weight is 345 g/mol. The lowest BCUT2D eigenvalue weighted by Gasteiger charge is -2.25. The van der Waals surface area contributed by atoms with Gasteiger partial charge < -0.3 is 27.0 Å². The highest BCUT2D eigenvalue weighted by atomic mass is 32.1. The molecule has 0 fully saturated rings. The fraction of sp³-hybridized carbons (Fsp3) is 0.714. The molecule has 0 saturated heterocycles. The third-order valence-electron chi connectivity index (χ3n) is 3.24. The number of hydrogen-bond donors (Lipinski definition) is 5. The van der Waals surface area contributed by atoms with Crippen molar-refractivity contribution in [3.05, 3.63) is 0 Å². The molecular formula is C14H27N5O3S. The van der Waals surface area contributed by atoms with E-state index < -0.39 is 18.1 Å². The number of thiocarbonyl (C=S) groups is 1. The molecule has 0 aromatic heterocycles. The predicted molar refractivity (Wildman–Crippen MR) is 92.9 cm³/mol. The van der Waals surface area contributed by atoms with Gasteiger partial charge in [-0.15, -0.1) is 0 Å². The van der Waals surface area contributed by atoms with Crippen LogP contribution >= 0.6 is 12.2 Å². The number of rotatable bonds is 9. The summed E-state index contributed by atoms with van der Waals surface area (Å²) in [7, 11) is 1.66. The van der Waals surface area contributed by atoms with Crippen LogP contribution in [0.3, 0.4) is 0 Å². The number of primary amides is 1. The van der Waals surface area contributed by atoms with Gasteiger partial charge in [-0.25, -0.2) is 4.79 Å². The van der Waals surface area contributed by atoms with Gasteiger partial charge in [0.15, 0.2) is 10.9 Å². The monoisotopic (exact) mass is 345 g/mol. The van der Waals surface area contributed by atoms with Gasteiger partial charge in [0.05, 0.1) is 6.04 Å². The van der Waals surface area contributed by atoms with Gasteiger partial charge in [-0.1, -0.05) is 13.8 Å². The maximum Gasteiger partial charge on any atom is 0.312 e. The normalized spacial score (nSPS) is 12.9. The van der Waals surface area contributed by atoms with Gasteiger partial charge >= 0.3 is 6.03 Å². The highest BCUT2D eigenvalue weighted by Crippen LogP contribution is 2.05. The van der Waals surface area contributed by atoms with Crippen molar-refractivity contribution < 1.29 is 14.4 Å². The van der Waals surface area contributed by atoms with Crippen LogP contribution in [0.25, 0.3) is 0 Å². The molecule has 0 spiro atoms. The predicted octanol–water partition coefficient (Wildman–Crippen LogP) is -0.373. The third-order valence-corrected chi connectivity index (χ3v) is 3.56. The Morgan fingerprint density at radius 2 is 1.78 bits per heavy atom. The summed E-state index contributed by atoms with van der Waals surface area (Å²) < 4.78 is 0. The number of nitrogens with one attached hydrogen (secondary N) is 4. The maximum atomic E-state index is 12.4. The van der Waals surface area contributed by atoms with Crippen LogP contribution in [-0.2, 0) is 9.59 Å². The van der Waals surface area contributed by atoms with Crippen molar-refractivity contribution in [1.29, 1.82) is 0 Å². The smallest absolute Gasteiger partial charge is 0.312 e. The maximum absolute atomic E-state index is 12.4. The van der Waals surface area contributed by atoms with Gasteiger partial charge in [0.25, 0.3) is 0 Å². The fourth-order valence-corrected chi connectivity index (χ4v) is 2.03. The first-order valence-corrected chi connectivity index (χ1v) is 7.92. The average Bonchev–Trinajstić information content (AvgIpc) is 2.46. The Bertz CT molecular complexity index is 442. The van der Waals surface area contributed by atoms with Gasteiger partial charge in [0.1, 0.15) is 6.04 Å². The van der Waals surface area contributed by atoms with Crippen molar-refractivity contribution in [1.82, 2.24) is 21.3 Å². The van der Waals surface area contributed by atoms with Crippen LogP contribution in [0.15, 0.2) is 0 Å². The number of carbonyl (C=O) groups is 3. The highest BCUT2D eigenvalue weighted by Gasteiger charge is 2.26. The summed E-state index contributed by atoms with van der Waals surface area (Å²) >= 11 is 5.02. The van der Waals surface area contributed by atoms with Crippen LogP contribution in [0.5, 0.6) is 0 Å². The molecule has 2 atom stereocenters. The first kappa shape index (κ1) is 21.1. The Morgan fingerprint density at radius 1 is 1.17 bits per heavy atom. The summed E-state index contributed by atoms with van der Waals surface area (Å²) in [6.45, 7) is 5.54. The molecular weight excluding hydrogens is 318 g/mol. The second-order valence-electron chi connectivity index (χ2n) is 5.55. The molecule has 9 heteroatoms. The SMILES string of the molecule is CNC(=S)N[C@H](C(=O)N[C@@H](CCCNC(N)=O)C(C)=O)C(C)C. The van der Waals surface area contributed by atoms with Crippen LogP contribution in [-0.4, -0.2) is 48.5 Å². The minimum atomic E-state index is -0.613. The Morgan fingerprint density at radius 3 is 2.22 bits per heavy atom. The Hall–Kier alpha value is -1.90. The van der Waals surface area contributed by atoms with Crippen molar-refractivity contribution in [2.45, 2.75) is 45.7 Å². The zero-order chi connectivity index (χ0) is 18.0. The van der Waals surface area contributed by atoms with E-state index in [0.29, 0.717) is 24.5 Å². The summed E-state index contributed by atoms with van der Waals surface area (Å²) in [5.74, 6) is -0.442. The van der Waals surface area contributed by atoms with Crippen LogP contribution in [0.1, 0.15) is 33.6 Å². The minimum absolute atomic E-state index is 0.00886. The first-order valence-electron chi connectivity index (χ1n) is 7.51. The van der Waals surface area contributed by atoms with Gasteiger partial charge in [-0.05, 0) is 37.9 Å². The number of nitrogens with two attached hydrogens (primary N) is 1. The number of ketones is 1. The highest BCUT2D eigenvalue weighted by molar-refractivity contribution is 7.80. The molecule has 0 bridgehead atoms. The molecule has 0 aromatic rings. The number of carbonyl (C=O) groups excluding carboxylic acids is 3. The van der Waals surface area contributed by atoms with Gasteiger partial charge in [-0.3, -0.25) is 9.59 Å². The summed E-state index contributed by atoms with van der Waals surface area (Å²) in [6.07, 6.45) is 0.949. The molecule has 0 saturated carbocycles. The minimum Gasteiger partial charge on any atom is -0.366 e. The van der Waals surface area contributed by atoms with E-state index in [1.807, 2.05) is 13.8 Å². The molecule has 0 aliphatic carbocycles. The lowest BCUT2D eigenvalue weighted by molar-refractivity contribution is -0.128. The Kier molecular flexibility index (Phi) is 9.87. The van der Waals surface area contributed by atoms with E-state index in [1.165, 1.54) is 6.92 Å². The molecule has 0 aromatic carbocycles. The summed E-state index contributed by atoms with van der Waals surface area (Å²) in [4.78, 5) is 34.7. The van der Waals surface area contributed by atoms with Crippen molar-refractivity contribution in [3.8, 4) is 0 Å². The quantitative estimate of drug-likeness (QED) is 0.287. The number of hydrogen-bond acceptors (Lipinski definition) is 4. The van der Waals surface area contributed by atoms with Crippen molar-refractivity contribution >= 4 is 35.1 Å². The standard InChI is InChI=1S/C14H27N5O3S/c1-8(2)11(19-14(23)16-4)12(21)18-10(9(3)20)6-5-7-17-13(15)22/h8,10-11H,5-7H2,1-4H3,(H,18,21)(H3,15,17,22)(H2,16,19,23)/t10-,11-/m0/s1. The van der Waals surface area contributed by atoms with Crippen molar-refractivity contribution in [2.24, 2.45) is 11.7 Å². The van der Waals surface area contributed by atoms with E-state index in [1.54, 1.807) is 7.05 Å². The summed E-state index contributed by atoms with van der Waals surface area (Å²) in [5.41, 5.74) is 4.97. The zero-order valence-electron chi connectivity index (χ0n) is 14.1. The van der Waals surface area contributed by atoms with E-state index in [-0.39, 0.29) is 17.6 Å². The van der Waals surface area contributed by atoms with Crippen LogP contribution < -0.4 is 27.0 Å². The second kappa shape index (κ2) is 10.8. The molecule has 3 amide bonds. The molecule has 0 heterocycles.